The molecule has 9 heteroatoms. The van der Waals surface area contributed by atoms with Gasteiger partial charge in [-0.2, -0.15) is 0 Å². The molecule has 1 aromatic carbocycles. The molecule has 7 nitrogen and oxygen atoms in total. The lowest BCUT2D eigenvalue weighted by Gasteiger charge is -2.35. The lowest BCUT2D eigenvalue weighted by atomic mass is 10.1. The van der Waals surface area contributed by atoms with Crippen molar-refractivity contribution in [3.63, 3.8) is 0 Å². The van der Waals surface area contributed by atoms with Crippen LogP contribution in [0.5, 0.6) is 0 Å². The number of nitrogens with one attached hydrogen (secondary N) is 2. The van der Waals surface area contributed by atoms with E-state index in [0.717, 1.165) is 36.4 Å². The number of hydrogen-bond donors (Lipinski definition) is 2. The summed E-state index contributed by atoms with van der Waals surface area (Å²) in [5.41, 5.74) is 3.04. The number of piperazine rings is 1. The number of benzene rings is 1. The van der Waals surface area contributed by atoms with Crippen LogP contribution in [-0.2, 0) is 14.3 Å². The first-order valence-corrected chi connectivity index (χ1v) is 9.70. The Hall–Kier alpha value is -1.38. The van der Waals surface area contributed by atoms with E-state index < -0.39 is 0 Å². The molecule has 2 fully saturated rings. The van der Waals surface area contributed by atoms with Crippen LogP contribution in [0.4, 0.5) is 5.69 Å². The van der Waals surface area contributed by atoms with E-state index >= 15 is 0 Å². The van der Waals surface area contributed by atoms with Crippen LogP contribution in [0.15, 0.2) is 18.2 Å². The van der Waals surface area contributed by atoms with E-state index in [9.17, 15) is 9.59 Å². The van der Waals surface area contributed by atoms with Gasteiger partial charge in [0.25, 0.3) is 0 Å². The highest BCUT2D eigenvalue weighted by Crippen LogP contribution is 2.19. The van der Waals surface area contributed by atoms with E-state index in [1.54, 1.807) is 0 Å². The molecule has 2 aliphatic heterocycles. The molecule has 1 unspecified atom stereocenters. The highest BCUT2D eigenvalue weighted by Gasteiger charge is 2.25. The number of halogens is 2. The third-order valence-corrected chi connectivity index (χ3v) is 5.26. The summed E-state index contributed by atoms with van der Waals surface area (Å²) >= 11 is 0. The van der Waals surface area contributed by atoms with E-state index in [0.29, 0.717) is 39.3 Å². The number of rotatable bonds is 5. The van der Waals surface area contributed by atoms with Gasteiger partial charge in [-0.25, -0.2) is 0 Å². The second kappa shape index (κ2) is 12.3. The Bertz CT molecular complexity index is 655. The number of carbonyl (C=O) groups is 2. The molecule has 1 aromatic rings. The molecule has 2 aliphatic rings. The first-order valence-electron chi connectivity index (χ1n) is 9.70. The Kier molecular flexibility index (Phi) is 10.9. The van der Waals surface area contributed by atoms with Crippen molar-refractivity contribution in [2.45, 2.75) is 26.3 Å². The SMILES string of the molecule is Cc1cccc(C)c1NC(=O)CN1CCN(C(=O)CC2COCCN2)CC1.Cl.Cl. The average Bonchev–Trinajstić information content (AvgIpc) is 2.66. The van der Waals surface area contributed by atoms with E-state index in [1.165, 1.54) is 0 Å². The minimum absolute atomic E-state index is 0. The fourth-order valence-corrected chi connectivity index (χ4v) is 3.64. The number of anilines is 1. The van der Waals surface area contributed by atoms with Crippen molar-refractivity contribution < 1.29 is 14.3 Å². The zero-order valence-corrected chi connectivity index (χ0v) is 18.7. The molecule has 2 saturated heterocycles. The molecule has 2 amide bonds. The number of aryl methyl sites for hydroxylation is 2. The lowest BCUT2D eigenvalue weighted by Crippen LogP contribution is -2.52. The third-order valence-electron chi connectivity index (χ3n) is 5.26. The predicted molar refractivity (Wildman–Crippen MR) is 119 cm³/mol. The van der Waals surface area contributed by atoms with Crippen molar-refractivity contribution in [3.05, 3.63) is 29.3 Å². The van der Waals surface area contributed by atoms with Gasteiger partial charge >= 0.3 is 0 Å². The molecular formula is C20H32Cl2N4O3. The van der Waals surface area contributed by atoms with Crippen LogP contribution in [0.25, 0.3) is 0 Å². The standard InChI is InChI=1S/C20H30N4O3.2ClH/c1-15-4-3-5-16(2)20(15)22-18(25)13-23-7-9-24(10-8-23)19(26)12-17-14-27-11-6-21-17;;/h3-5,17,21H,6-14H2,1-2H3,(H,22,25);2*1H. The van der Waals surface area contributed by atoms with Crippen molar-refractivity contribution in [2.75, 3.05) is 57.8 Å². The van der Waals surface area contributed by atoms with Crippen molar-refractivity contribution in [1.82, 2.24) is 15.1 Å². The number of hydrogen-bond acceptors (Lipinski definition) is 5. The van der Waals surface area contributed by atoms with Gasteiger partial charge in [0.1, 0.15) is 0 Å². The summed E-state index contributed by atoms with van der Waals surface area (Å²) in [7, 11) is 0. The molecule has 0 saturated carbocycles. The maximum absolute atomic E-state index is 12.4. The van der Waals surface area contributed by atoms with Gasteiger partial charge in [0.2, 0.25) is 11.8 Å². The van der Waals surface area contributed by atoms with Gasteiger partial charge in [-0.1, -0.05) is 18.2 Å². The maximum atomic E-state index is 12.4. The van der Waals surface area contributed by atoms with E-state index in [2.05, 4.69) is 15.5 Å². The predicted octanol–water partition coefficient (Wildman–Crippen LogP) is 1.61. The number of morpholine rings is 1. The maximum Gasteiger partial charge on any atom is 0.238 e. The fraction of sp³-hybridized carbons (Fsp3) is 0.600. The van der Waals surface area contributed by atoms with Crippen LogP contribution >= 0.6 is 24.8 Å². The Morgan fingerprint density at radius 2 is 1.79 bits per heavy atom. The number of carbonyl (C=O) groups excluding carboxylic acids is 2. The normalized spacial score (nSPS) is 19.7. The highest BCUT2D eigenvalue weighted by molar-refractivity contribution is 5.93. The summed E-state index contributed by atoms with van der Waals surface area (Å²) in [6.45, 7) is 9.26. The van der Waals surface area contributed by atoms with Crippen LogP contribution < -0.4 is 10.6 Å². The summed E-state index contributed by atoms with van der Waals surface area (Å²) in [4.78, 5) is 28.9. The summed E-state index contributed by atoms with van der Waals surface area (Å²) in [6.07, 6.45) is 0.479. The van der Waals surface area contributed by atoms with E-state index in [-0.39, 0.29) is 42.7 Å². The Morgan fingerprint density at radius 3 is 2.38 bits per heavy atom. The lowest BCUT2D eigenvalue weighted by molar-refractivity contribution is -0.134. The molecule has 0 aliphatic carbocycles. The van der Waals surface area contributed by atoms with Crippen LogP contribution in [-0.4, -0.2) is 80.1 Å². The summed E-state index contributed by atoms with van der Waals surface area (Å²) in [5.74, 6) is 0.161. The molecule has 0 radical (unpaired) electrons. The van der Waals surface area contributed by atoms with Crippen LogP contribution in [0, 0.1) is 13.8 Å². The van der Waals surface area contributed by atoms with Gasteiger partial charge < -0.3 is 20.3 Å². The molecule has 0 spiro atoms. The number of nitrogens with zero attached hydrogens (tertiary/aromatic N) is 2. The van der Waals surface area contributed by atoms with Gasteiger partial charge in [-0.05, 0) is 25.0 Å². The topological polar surface area (TPSA) is 73.9 Å². The Balaban J connectivity index is 0.00000210. The van der Waals surface area contributed by atoms with Crippen molar-refractivity contribution >= 4 is 42.3 Å². The summed E-state index contributed by atoms with van der Waals surface area (Å²) in [5, 5.41) is 6.35. The smallest absolute Gasteiger partial charge is 0.238 e. The van der Waals surface area contributed by atoms with Gasteiger partial charge in [0.15, 0.2) is 0 Å². The zero-order chi connectivity index (χ0) is 19.2. The molecule has 29 heavy (non-hydrogen) atoms. The Morgan fingerprint density at radius 1 is 1.14 bits per heavy atom. The van der Waals surface area contributed by atoms with E-state index in [4.69, 9.17) is 4.74 Å². The van der Waals surface area contributed by atoms with Crippen molar-refractivity contribution in [2.24, 2.45) is 0 Å². The second-order valence-corrected chi connectivity index (χ2v) is 7.40. The summed E-state index contributed by atoms with van der Waals surface area (Å²) < 4.78 is 5.41. The fourth-order valence-electron chi connectivity index (χ4n) is 3.64. The molecule has 2 N–H and O–H groups in total. The number of ether oxygens (including phenoxy) is 1. The molecule has 2 heterocycles. The molecule has 0 bridgehead atoms. The second-order valence-electron chi connectivity index (χ2n) is 7.40. The van der Waals surface area contributed by atoms with Crippen LogP contribution in [0.3, 0.4) is 0 Å². The number of para-hydroxylation sites is 1. The number of amides is 2. The van der Waals surface area contributed by atoms with Crippen molar-refractivity contribution in [3.8, 4) is 0 Å². The van der Waals surface area contributed by atoms with E-state index in [1.807, 2.05) is 36.9 Å². The average molecular weight is 447 g/mol. The summed E-state index contributed by atoms with van der Waals surface area (Å²) in [6, 6.07) is 6.11. The first kappa shape index (κ1) is 25.7. The van der Waals surface area contributed by atoms with Gasteiger partial charge in [-0.15, -0.1) is 24.8 Å². The van der Waals surface area contributed by atoms with Gasteiger partial charge in [-0.3, -0.25) is 14.5 Å². The third kappa shape index (κ3) is 7.42. The van der Waals surface area contributed by atoms with Crippen molar-refractivity contribution in [1.29, 1.82) is 0 Å². The Labute approximate surface area is 185 Å². The monoisotopic (exact) mass is 446 g/mol. The minimum atomic E-state index is -0.00395. The zero-order valence-electron chi connectivity index (χ0n) is 17.1. The molecule has 1 atom stereocenters. The molecule has 0 aromatic heterocycles. The minimum Gasteiger partial charge on any atom is -0.378 e. The van der Waals surface area contributed by atoms with Crippen LogP contribution in [0.2, 0.25) is 0 Å². The van der Waals surface area contributed by atoms with Crippen LogP contribution in [0.1, 0.15) is 17.5 Å². The largest absolute Gasteiger partial charge is 0.378 e. The molecule has 3 rings (SSSR count). The first-order chi connectivity index (χ1) is 13.0. The molecular weight excluding hydrogens is 415 g/mol. The highest BCUT2D eigenvalue weighted by atomic mass is 35.5. The molecule has 164 valence electrons. The van der Waals surface area contributed by atoms with Gasteiger partial charge in [0.05, 0.1) is 19.8 Å². The quantitative estimate of drug-likeness (QED) is 0.718. The van der Waals surface area contributed by atoms with Gasteiger partial charge in [0, 0.05) is 50.9 Å².